The molecule has 1 N–H and O–H groups in total. The summed E-state index contributed by atoms with van der Waals surface area (Å²) in [6.45, 7) is 1.89. The third kappa shape index (κ3) is 4.70. The largest absolute Gasteiger partial charge is 0.493 e. The maximum atomic E-state index is 12.7. The van der Waals surface area contributed by atoms with Crippen molar-refractivity contribution < 1.29 is 22.3 Å². The summed E-state index contributed by atoms with van der Waals surface area (Å²) in [5, 5.41) is 2.75. The third-order valence-corrected chi connectivity index (χ3v) is 5.26. The average molecular weight is 315 g/mol. The standard InChI is InChI=1S/C14H18FNO4S/c1-14(7-9-21(18,19)10-14)16-13(17)6-8-20-12-4-2-11(15)3-5-12/h2-5H,6-10H2,1H3,(H,16,17). The number of benzene rings is 1. The lowest BCUT2D eigenvalue weighted by molar-refractivity contribution is -0.123. The van der Waals surface area contributed by atoms with E-state index in [1.807, 2.05) is 0 Å². The molecule has 0 spiro atoms. The highest BCUT2D eigenvalue weighted by Crippen LogP contribution is 2.22. The highest BCUT2D eigenvalue weighted by atomic mass is 32.2. The van der Waals surface area contributed by atoms with Gasteiger partial charge in [-0.1, -0.05) is 0 Å². The van der Waals surface area contributed by atoms with Crippen molar-refractivity contribution in [2.45, 2.75) is 25.3 Å². The van der Waals surface area contributed by atoms with Crippen LogP contribution in [0.15, 0.2) is 24.3 Å². The van der Waals surface area contributed by atoms with Crippen molar-refractivity contribution in [1.29, 1.82) is 0 Å². The van der Waals surface area contributed by atoms with Gasteiger partial charge in [0.1, 0.15) is 11.6 Å². The maximum absolute atomic E-state index is 12.7. The molecule has 1 aromatic rings. The van der Waals surface area contributed by atoms with Gasteiger partial charge >= 0.3 is 0 Å². The van der Waals surface area contributed by atoms with Gasteiger partial charge in [-0.05, 0) is 37.6 Å². The first-order valence-electron chi connectivity index (χ1n) is 6.68. The second kappa shape index (κ2) is 6.01. The van der Waals surface area contributed by atoms with Gasteiger partial charge in [0, 0.05) is 0 Å². The van der Waals surface area contributed by atoms with Crippen LogP contribution in [0.1, 0.15) is 19.8 Å². The van der Waals surface area contributed by atoms with Crippen LogP contribution >= 0.6 is 0 Å². The number of sulfone groups is 1. The molecule has 0 radical (unpaired) electrons. The number of nitrogens with one attached hydrogen (secondary N) is 1. The number of amides is 1. The fraction of sp³-hybridized carbons (Fsp3) is 0.500. The summed E-state index contributed by atoms with van der Waals surface area (Å²) >= 11 is 0. The maximum Gasteiger partial charge on any atom is 0.223 e. The predicted molar refractivity (Wildman–Crippen MR) is 76.3 cm³/mol. The molecule has 5 nitrogen and oxygen atoms in total. The topological polar surface area (TPSA) is 72.5 Å². The van der Waals surface area contributed by atoms with Gasteiger partial charge < -0.3 is 10.1 Å². The third-order valence-electron chi connectivity index (χ3n) is 3.36. The predicted octanol–water partition coefficient (Wildman–Crippen LogP) is 1.29. The van der Waals surface area contributed by atoms with Crippen molar-refractivity contribution in [3.63, 3.8) is 0 Å². The van der Waals surface area contributed by atoms with Crippen LogP contribution < -0.4 is 10.1 Å². The number of hydrogen-bond acceptors (Lipinski definition) is 4. The molecule has 1 aliphatic heterocycles. The Morgan fingerprint density at radius 2 is 2.05 bits per heavy atom. The minimum atomic E-state index is -3.05. The van der Waals surface area contributed by atoms with E-state index in [-0.39, 0.29) is 36.3 Å². The Morgan fingerprint density at radius 3 is 2.62 bits per heavy atom. The Labute approximate surface area is 123 Å². The molecule has 1 unspecified atom stereocenters. The molecule has 2 rings (SSSR count). The summed E-state index contributed by atoms with van der Waals surface area (Å²) in [5.41, 5.74) is -0.689. The highest BCUT2D eigenvalue weighted by molar-refractivity contribution is 7.91. The van der Waals surface area contributed by atoms with Crippen LogP contribution in [0.5, 0.6) is 5.75 Å². The van der Waals surface area contributed by atoms with E-state index in [0.29, 0.717) is 12.2 Å². The van der Waals surface area contributed by atoms with E-state index >= 15 is 0 Å². The van der Waals surface area contributed by atoms with Crippen molar-refractivity contribution in [3.8, 4) is 5.75 Å². The lowest BCUT2D eigenvalue weighted by Gasteiger charge is -2.23. The number of ether oxygens (including phenoxy) is 1. The minimum Gasteiger partial charge on any atom is -0.493 e. The molecule has 1 aliphatic rings. The first kappa shape index (κ1) is 15.8. The molecule has 0 aromatic heterocycles. The van der Waals surface area contributed by atoms with Gasteiger partial charge in [0.25, 0.3) is 0 Å². The average Bonchev–Trinajstić information content (AvgIpc) is 2.65. The van der Waals surface area contributed by atoms with E-state index in [2.05, 4.69) is 5.32 Å². The van der Waals surface area contributed by atoms with Crippen molar-refractivity contribution in [2.24, 2.45) is 0 Å². The summed E-state index contributed by atoms with van der Waals surface area (Å²) in [6.07, 6.45) is 0.549. The molecule has 116 valence electrons. The zero-order chi connectivity index (χ0) is 15.5. The van der Waals surface area contributed by atoms with Crippen molar-refractivity contribution >= 4 is 15.7 Å². The zero-order valence-corrected chi connectivity index (χ0v) is 12.6. The molecule has 7 heteroatoms. The van der Waals surface area contributed by atoms with Crippen LogP contribution in [-0.4, -0.2) is 38.0 Å². The lowest BCUT2D eigenvalue weighted by atomic mass is 10.0. The van der Waals surface area contributed by atoms with E-state index in [0.717, 1.165) is 0 Å². The lowest BCUT2D eigenvalue weighted by Crippen LogP contribution is -2.47. The zero-order valence-electron chi connectivity index (χ0n) is 11.8. The fourth-order valence-electron chi connectivity index (χ4n) is 2.30. The minimum absolute atomic E-state index is 0.0233. The molecule has 21 heavy (non-hydrogen) atoms. The van der Waals surface area contributed by atoms with Crippen LogP contribution in [0.3, 0.4) is 0 Å². The molecule has 1 atom stereocenters. The van der Waals surface area contributed by atoms with E-state index < -0.39 is 15.4 Å². The monoisotopic (exact) mass is 315 g/mol. The van der Waals surface area contributed by atoms with Crippen LogP contribution in [0.25, 0.3) is 0 Å². The normalized spacial score (nSPS) is 23.7. The first-order valence-corrected chi connectivity index (χ1v) is 8.50. The van der Waals surface area contributed by atoms with Crippen LogP contribution in [0.2, 0.25) is 0 Å². The molecule has 0 saturated carbocycles. The Balaban J connectivity index is 1.76. The number of carbonyl (C=O) groups excluding carboxylic acids is 1. The Morgan fingerprint density at radius 1 is 1.38 bits per heavy atom. The van der Waals surface area contributed by atoms with E-state index in [9.17, 15) is 17.6 Å². The summed E-state index contributed by atoms with van der Waals surface area (Å²) < 4.78 is 40.9. The number of rotatable bonds is 5. The number of carbonyl (C=O) groups is 1. The van der Waals surface area contributed by atoms with Crippen LogP contribution in [0, 0.1) is 5.82 Å². The number of halogens is 1. The molecular formula is C14H18FNO4S. The van der Waals surface area contributed by atoms with Crippen LogP contribution in [-0.2, 0) is 14.6 Å². The Hall–Kier alpha value is -1.63. The quantitative estimate of drug-likeness (QED) is 0.888. The van der Waals surface area contributed by atoms with Crippen LogP contribution in [0.4, 0.5) is 4.39 Å². The van der Waals surface area contributed by atoms with E-state index in [1.165, 1.54) is 24.3 Å². The molecule has 1 fully saturated rings. The molecule has 1 heterocycles. The summed E-state index contributed by atoms with van der Waals surface area (Å²) in [6, 6.07) is 5.52. The molecule has 1 aromatic carbocycles. The first-order chi connectivity index (χ1) is 9.78. The second-order valence-corrected chi connectivity index (χ2v) is 7.69. The summed E-state index contributed by atoms with van der Waals surface area (Å²) in [5.74, 6) is -0.0357. The fourth-order valence-corrected chi connectivity index (χ4v) is 4.39. The molecule has 0 aliphatic carbocycles. The van der Waals surface area contributed by atoms with Gasteiger partial charge in [-0.15, -0.1) is 0 Å². The van der Waals surface area contributed by atoms with Gasteiger partial charge in [0.2, 0.25) is 5.91 Å². The van der Waals surface area contributed by atoms with Gasteiger partial charge in [-0.2, -0.15) is 0 Å². The summed E-state index contributed by atoms with van der Waals surface area (Å²) in [7, 11) is -3.05. The molecule has 1 amide bonds. The smallest absolute Gasteiger partial charge is 0.223 e. The SMILES string of the molecule is CC1(NC(=O)CCOc2ccc(F)cc2)CCS(=O)(=O)C1. The second-order valence-electron chi connectivity index (χ2n) is 5.50. The molecule has 1 saturated heterocycles. The Kier molecular flexibility index (Phi) is 4.51. The van der Waals surface area contributed by atoms with Crippen molar-refractivity contribution in [3.05, 3.63) is 30.1 Å². The summed E-state index contributed by atoms with van der Waals surface area (Å²) in [4.78, 5) is 11.8. The van der Waals surface area contributed by atoms with Gasteiger partial charge in [0.05, 0.1) is 30.1 Å². The Bertz CT molecular complexity index is 614. The van der Waals surface area contributed by atoms with Gasteiger partial charge in [0.15, 0.2) is 9.84 Å². The van der Waals surface area contributed by atoms with E-state index in [1.54, 1.807) is 6.92 Å². The van der Waals surface area contributed by atoms with Crippen molar-refractivity contribution in [2.75, 3.05) is 18.1 Å². The van der Waals surface area contributed by atoms with Gasteiger partial charge in [-0.25, -0.2) is 12.8 Å². The highest BCUT2D eigenvalue weighted by Gasteiger charge is 2.39. The molecule has 0 bridgehead atoms. The van der Waals surface area contributed by atoms with E-state index in [4.69, 9.17) is 4.74 Å². The van der Waals surface area contributed by atoms with Crippen molar-refractivity contribution in [1.82, 2.24) is 5.32 Å². The molecular weight excluding hydrogens is 297 g/mol. The van der Waals surface area contributed by atoms with Gasteiger partial charge in [-0.3, -0.25) is 4.79 Å². The number of hydrogen-bond donors (Lipinski definition) is 1.